The first-order valence-electron chi connectivity index (χ1n) is 9.26. The Balaban J connectivity index is 1.51. The van der Waals surface area contributed by atoms with E-state index in [-0.39, 0.29) is 11.5 Å². The van der Waals surface area contributed by atoms with Gasteiger partial charge in [-0.1, -0.05) is 6.07 Å². The van der Waals surface area contributed by atoms with Crippen molar-refractivity contribution in [3.8, 4) is 0 Å². The van der Waals surface area contributed by atoms with Crippen molar-refractivity contribution in [3.05, 3.63) is 69.3 Å². The van der Waals surface area contributed by atoms with Gasteiger partial charge in [0, 0.05) is 47.5 Å². The highest BCUT2D eigenvalue weighted by molar-refractivity contribution is 5.94. The Morgan fingerprint density at radius 2 is 2.04 bits per heavy atom. The van der Waals surface area contributed by atoms with Crippen molar-refractivity contribution >= 4 is 16.8 Å². The van der Waals surface area contributed by atoms with Crippen molar-refractivity contribution < 1.29 is 4.79 Å². The minimum Gasteiger partial charge on any atom is -0.358 e. The van der Waals surface area contributed by atoms with Crippen LogP contribution in [0.1, 0.15) is 46.9 Å². The van der Waals surface area contributed by atoms with Gasteiger partial charge in [0.15, 0.2) is 0 Å². The van der Waals surface area contributed by atoms with Crippen LogP contribution in [0.15, 0.2) is 41.3 Å². The first kappa shape index (κ1) is 16.6. The van der Waals surface area contributed by atoms with E-state index in [0.29, 0.717) is 18.7 Å². The smallest absolute Gasteiger partial charge is 0.251 e. The van der Waals surface area contributed by atoms with E-state index in [1.165, 1.54) is 41.1 Å². The third kappa shape index (κ3) is 3.05. The second kappa shape index (κ2) is 6.83. The summed E-state index contributed by atoms with van der Waals surface area (Å²) in [5, 5.41) is 4.19. The highest BCUT2D eigenvalue weighted by Gasteiger charge is 2.15. The molecule has 2 heterocycles. The van der Waals surface area contributed by atoms with E-state index in [4.69, 9.17) is 0 Å². The van der Waals surface area contributed by atoms with E-state index >= 15 is 0 Å². The molecule has 0 saturated heterocycles. The van der Waals surface area contributed by atoms with E-state index in [1.54, 1.807) is 16.8 Å². The van der Waals surface area contributed by atoms with Crippen molar-refractivity contribution in [2.75, 3.05) is 0 Å². The monoisotopic (exact) mass is 349 g/mol. The molecule has 5 heteroatoms. The molecule has 0 radical (unpaired) electrons. The summed E-state index contributed by atoms with van der Waals surface area (Å²) in [6.07, 6.45) is 6.40. The maximum atomic E-state index is 12.4. The summed E-state index contributed by atoms with van der Waals surface area (Å²) in [5.74, 6) is -0.221. The first-order chi connectivity index (χ1) is 12.7. The molecule has 0 saturated carbocycles. The average molecular weight is 349 g/mol. The van der Waals surface area contributed by atoms with Crippen LogP contribution < -0.4 is 10.9 Å². The number of aromatic nitrogens is 2. The Kier molecular flexibility index (Phi) is 4.37. The number of pyridine rings is 1. The molecule has 5 nitrogen and oxygen atoms in total. The molecule has 0 aliphatic heterocycles. The van der Waals surface area contributed by atoms with E-state index in [0.717, 1.165) is 18.4 Å². The number of carbonyl (C=O) groups excluding carboxylic acids is 1. The van der Waals surface area contributed by atoms with Gasteiger partial charge in [-0.15, -0.1) is 0 Å². The molecule has 1 aliphatic carbocycles. The fourth-order valence-electron chi connectivity index (χ4n) is 3.76. The zero-order valence-corrected chi connectivity index (χ0v) is 15.0. The van der Waals surface area contributed by atoms with Gasteiger partial charge in [-0.2, -0.15) is 0 Å². The largest absolute Gasteiger partial charge is 0.358 e. The quantitative estimate of drug-likeness (QED) is 0.760. The third-order valence-corrected chi connectivity index (χ3v) is 5.21. The second-order valence-electron chi connectivity index (χ2n) is 6.89. The molecule has 0 atom stereocenters. The molecule has 4 rings (SSSR count). The highest BCUT2D eigenvalue weighted by atomic mass is 16.2. The van der Waals surface area contributed by atoms with Gasteiger partial charge in [0.25, 0.3) is 11.5 Å². The molecule has 0 fully saturated rings. The van der Waals surface area contributed by atoms with Gasteiger partial charge in [0.1, 0.15) is 0 Å². The van der Waals surface area contributed by atoms with Crippen LogP contribution in [0.5, 0.6) is 0 Å². The molecule has 3 aromatic rings. The van der Waals surface area contributed by atoms with Crippen molar-refractivity contribution in [2.24, 2.45) is 0 Å². The molecule has 1 aromatic carbocycles. The summed E-state index contributed by atoms with van der Waals surface area (Å²) in [6, 6.07) is 9.39. The van der Waals surface area contributed by atoms with Crippen molar-refractivity contribution in [2.45, 2.75) is 45.7 Å². The number of rotatable bonds is 4. The van der Waals surface area contributed by atoms with Gasteiger partial charge in [-0.05, 0) is 61.9 Å². The lowest BCUT2D eigenvalue weighted by Gasteiger charge is -2.11. The fraction of sp³-hybridized carbons (Fsp3) is 0.333. The second-order valence-corrected chi connectivity index (χ2v) is 6.89. The molecule has 134 valence electrons. The molecule has 26 heavy (non-hydrogen) atoms. The lowest BCUT2D eigenvalue weighted by Crippen LogP contribution is -2.26. The van der Waals surface area contributed by atoms with Crippen LogP contribution in [0.4, 0.5) is 0 Å². The van der Waals surface area contributed by atoms with Gasteiger partial charge >= 0.3 is 0 Å². The number of aryl methyl sites for hydroxylation is 3. The van der Waals surface area contributed by atoms with Gasteiger partial charge in [-0.25, -0.2) is 0 Å². The minimum absolute atomic E-state index is 0.152. The fourth-order valence-corrected chi connectivity index (χ4v) is 3.76. The lowest BCUT2D eigenvalue weighted by molar-refractivity contribution is 0.0950. The maximum Gasteiger partial charge on any atom is 0.251 e. The zero-order chi connectivity index (χ0) is 18.1. The van der Waals surface area contributed by atoms with E-state index in [9.17, 15) is 9.59 Å². The van der Waals surface area contributed by atoms with Gasteiger partial charge < -0.3 is 14.9 Å². The Morgan fingerprint density at radius 3 is 2.85 bits per heavy atom. The molecule has 2 N–H and O–H groups in total. The summed E-state index contributed by atoms with van der Waals surface area (Å²) < 4.78 is 1.57. The van der Waals surface area contributed by atoms with Crippen molar-refractivity contribution in [3.63, 3.8) is 0 Å². The summed E-state index contributed by atoms with van der Waals surface area (Å²) in [4.78, 5) is 27.8. The number of benzene rings is 1. The van der Waals surface area contributed by atoms with Crippen LogP contribution in [-0.4, -0.2) is 15.5 Å². The van der Waals surface area contributed by atoms with Gasteiger partial charge in [-0.3, -0.25) is 9.59 Å². The number of amides is 1. The van der Waals surface area contributed by atoms with Crippen LogP contribution in [0.25, 0.3) is 10.9 Å². The summed E-state index contributed by atoms with van der Waals surface area (Å²) >= 11 is 0. The number of carbonyl (C=O) groups is 1. The lowest BCUT2D eigenvalue weighted by atomic mass is 9.95. The predicted molar refractivity (Wildman–Crippen MR) is 102 cm³/mol. The number of nitrogens with one attached hydrogen (secondary N) is 2. The first-order valence-corrected chi connectivity index (χ1v) is 9.26. The molecular weight excluding hydrogens is 326 g/mol. The Bertz CT molecular complexity index is 1030. The Hall–Kier alpha value is -2.82. The summed E-state index contributed by atoms with van der Waals surface area (Å²) in [6.45, 7) is 2.95. The predicted octanol–water partition coefficient (Wildman–Crippen LogP) is 3.16. The summed E-state index contributed by atoms with van der Waals surface area (Å²) in [5.41, 5.74) is 5.29. The number of H-pyrrole nitrogens is 1. The van der Waals surface area contributed by atoms with Crippen LogP contribution in [0.3, 0.4) is 0 Å². The topological polar surface area (TPSA) is 66.9 Å². The molecule has 1 amide bonds. The van der Waals surface area contributed by atoms with Crippen molar-refractivity contribution in [1.82, 2.24) is 14.9 Å². The Morgan fingerprint density at radius 1 is 1.19 bits per heavy atom. The average Bonchev–Trinajstić information content (AvgIpc) is 3.04. The Labute approximate surface area is 152 Å². The molecular formula is C21H23N3O2. The summed E-state index contributed by atoms with van der Waals surface area (Å²) in [7, 11) is 0. The molecule has 0 bridgehead atoms. The SMILES string of the molecule is CCn1ccc(C(=O)NCc2ccc3[nH]c4c(c3c2)CCCC4)cc1=O. The number of hydrogen-bond acceptors (Lipinski definition) is 2. The molecule has 0 spiro atoms. The standard InChI is InChI=1S/C21H23N3O2/c1-2-24-10-9-15(12-20(24)25)21(26)22-13-14-7-8-19-17(11-14)16-5-3-4-6-18(16)23-19/h7-12,23H,2-6,13H2,1H3,(H,22,26). The number of hydrogen-bond donors (Lipinski definition) is 2. The minimum atomic E-state index is -0.221. The molecule has 2 aromatic heterocycles. The maximum absolute atomic E-state index is 12.4. The number of aromatic amines is 1. The van der Waals surface area contributed by atoms with Gasteiger partial charge in [0.2, 0.25) is 0 Å². The highest BCUT2D eigenvalue weighted by Crippen LogP contribution is 2.29. The van der Waals surface area contributed by atoms with Crippen molar-refractivity contribution in [1.29, 1.82) is 0 Å². The normalized spacial score (nSPS) is 13.6. The van der Waals surface area contributed by atoms with Gasteiger partial charge in [0.05, 0.1) is 0 Å². The number of nitrogens with zero attached hydrogens (tertiary/aromatic N) is 1. The number of fused-ring (bicyclic) bond motifs is 3. The van der Waals surface area contributed by atoms with Crippen LogP contribution in [0, 0.1) is 0 Å². The molecule has 0 unspecified atom stereocenters. The van der Waals surface area contributed by atoms with Crippen LogP contribution in [0.2, 0.25) is 0 Å². The zero-order valence-electron chi connectivity index (χ0n) is 15.0. The van der Waals surface area contributed by atoms with E-state index in [2.05, 4.69) is 22.4 Å². The van der Waals surface area contributed by atoms with Crippen LogP contribution in [-0.2, 0) is 25.9 Å². The molecule has 1 aliphatic rings. The van der Waals surface area contributed by atoms with E-state index in [1.807, 2.05) is 13.0 Å². The third-order valence-electron chi connectivity index (χ3n) is 5.21. The van der Waals surface area contributed by atoms with Crippen LogP contribution >= 0.6 is 0 Å². The van der Waals surface area contributed by atoms with E-state index < -0.39 is 0 Å².